The Morgan fingerprint density at radius 3 is 2.60 bits per heavy atom. The van der Waals surface area contributed by atoms with Gasteiger partial charge in [0.25, 0.3) is 0 Å². The molecule has 0 heterocycles. The van der Waals surface area contributed by atoms with Gasteiger partial charge in [0.1, 0.15) is 0 Å². The molecule has 1 rings (SSSR count). The van der Waals surface area contributed by atoms with Gasteiger partial charge < -0.3 is 15.9 Å². The van der Waals surface area contributed by atoms with Gasteiger partial charge in [0.05, 0.1) is 6.10 Å². The lowest BCUT2D eigenvalue weighted by molar-refractivity contribution is 0.0681. The first-order valence-electron chi connectivity index (χ1n) is 3.78. The summed E-state index contributed by atoms with van der Waals surface area (Å²) < 4.78 is 0. The Morgan fingerprint density at radius 1 is 1.40 bits per heavy atom. The molecule has 0 aromatic carbocycles. The second-order valence-electron chi connectivity index (χ2n) is 3.09. The average Bonchev–Trinajstić information content (AvgIpc) is 1.95. The molecule has 4 N–H and O–H groups in total. The Bertz CT molecular complexity index is 108. The van der Waals surface area contributed by atoms with E-state index < -0.39 is 0 Å². The maximum atomic E-state index is 9.18. The van der Waals surface area contributed by atoms with Crippen molar-refractivity contribution in [3.05, 3.63) is 0 Å². The molecule has 0 amide bonds. The minimum absolute atomic E-state index is 0.120. The molecule has 3 atom stereocenters. The topological polar surface area (TPSA) is 66.5 Å². The first-order chi connectivity index (χ1) is 4.74. The summed E-state index contributed by atoms with van der Waals surface area (Å²) in [6.07, 6.45) is 2.07. The van der Waals surface area contributed by atoms with Crippen LogP contribution in [0.25, 0.3) is 0 Å². The highest BCUT2D eigenvalue weighted by Gasteiger charge is 2.25. The zero-order valence-electron chi connectivity index (χ0n) is 6.03. The Kier molecular flexibility index (Phi) is 2.65. The van der Waals surface area contributed by atoms with E-state index >= 15 is 0 Å². The van der Waals surface area contributed by atoms with Gasteiger partial charge in [-0.3, -0.25) is 0 Å². The predicted molar refractivity (Wildman–Crippen MR) is 38.4 cm³/mol. The van der Waals surface area contributed by atoms with Crippen molar-refractivity contribution in [3.63, 3.8) is 0 Å². The zero-order chi connectivity index (χ0) is 7.56. The fourth-order valence-corrected chi connectivity index (χ4v) is 1.45. The Morgan fingerprint density at radius 2 is 2.10 bits per heavy atom. The molecular weight excluding hydrogens is 130 g/mol. The Balaban J connectivity index is 2.33. The van der Waals surface area contributed by atoms with Gasteiger partial charge in [-0.15, -0.1) is 0 Å². The van der Waals surface area contributed by atoms with Gasteiger partial charge in [-0.25, -0.2) is 0 Å². The second-order valence-corrected chi connectivity index (χ2v) is 3.09. The van der Waals surface area contributed by atoms with Crippen molar-refractivity contribution in [2.45, 2.75) is 31.4 Å². The van der Waals surface area contributed by atoms with Gasteiger partial charge in [-0.2, -0.15) is 0 Å². The quantitative estimate of drug-likeness (QED) is 0.464. The van der Waals surface area contributed by atoms with Gasteiger partial charge in [-0.1, -0.05) is 0 Å². The molecule has 10 heavy (non-hydrogen) atoms. The number of aliphatic hydroxyl groups excluding tert-OH is 2. The lowest BCUT2D eigenvalue weighted by Crippen LogP contribution is -2.41. The summed E-state index contributed by atoms with van der Waals surface area (Å²) in [4.78, 5) is 0. The molecule has 1 aliphatic rings. The smallest absolute Gasteiger partial charge is 0.0691 e. The van der Waals surface area contributed by atoms with E-state index in [1.54, 1.807) is 0 Å². The maximum Gasteiger partial charge on any atom is 0.0691 e. The summed E-state index contributed by atoms with van der Waals surface area (Å²) in [5, 5.41) is 17.9. The standard InChI is InChI=1S/C7H15NO2/c8-6-3-5(4-9)1-2-7(6)10/h5-7,9-10H,1-4,8H2. The largest absolute Gasteiger partial charge is 0.396 e. The average molecular weight is 145 g/mol. The predicted octanol–water partition coefficient (Wildman–Crippen LogP) is -0.533. The van der Waals surface area contributed by atoms with Crippen LogP contribution in [0, 0.1) is 5.92 Å². The van der Waals surface area contributed by atoms with Gasteiger partial charge in [0.2, 0.25) is 0 Å². The van der Waals surface area contributed by atoms with Crippen LogP contribution in [0.2, 0.25) is 0 Å². The van der Waals surface area contributed by atoms with Gasteiger partial charge in [0, 0.05) is 12.6 Å². The van der Waals surface area contributed by atoms with Crippen LogP contribution in [0.15, 0.2) is 0 Å². The van der Waals surface area contributed by atoms with Gasteiger partial charge in [0.15, 0.2) is 0 Å². The minimum atomic E-state index is -0.345. The summed E-state index contributed by atoms with van der Waals surface area (Å²) in [5.74, 6) is 0.318. The van der Waals surface area contributed by atoms with E-state index in [0.29, 0.717) is 5.92 Å². The van der Waals surface area contributed by atoms with Crippen LogP contribution in [0.5, 0.6) is 0 Å². The van der Waals surface area contributed by atoms with Crippen LogP contribution >= 0.6 is 0 Å². The molecule has 0 bridgehead atoms. The highest BCUT2D eigenvalue weighted by atomic mass is 16.3. The van der Waals surface area contributed by atoms with Gasteiger partial charge in [-0.05, 0) is 25.2 Å². The third-order valence-electron chi connectivity index (χ3n) is 2.23. The van der Waals surface area contributed by atoms with E-state index in [-0.39, 0.29) is 18.8 Å². The van der Waals surface area contributed by atoms with Crippen LogP contribution < -0.4 is 5.73 Å². The number of hydrogen-bond acceptors (Lipinski definition) is 3. The molecule has 3 heteroatoms. The summed E-state index contributed by atoms with van der Waals surface area (Å²) in [5.41, 5.74) is 5.58. The summed E-state index contributed by atoms with van der Waals surface area (Å²) in [6, 6.07) is -0.120. The first-order valence-corrected chi connectivity index (χ1v) is 3.78. The highest BCUT2D eigenvalue weighted by molar-refractivity contribution is 4.81. The van der Waals surface area contributed by atoms with E-state index in [2.05, 4.69) is 0 Å². The van der Waals surface area contributed by atoms with Crippen LogP contribution in [-0.4, -0.2) is 29.0 Å². The zero-order valence-corrected chi connectivity index (χ0v) is 6.03. The minimum Gasteiger partial charge on any atom is -0.396 e. The van der Waals surface area contributed by atoms with Crippen molar-refractivity contribution in [2.75, 3.05) is 6.61 Å². The van der Waals surface area contributed by atoms with Crippen molar-refractivity contribution < 1.29 is 10.2 Å². The third-order valence-corrected chi connectivity index (χ3v) is 2.23. The van der Waals surface area contributed by atoms with E-state index in [1.807, 2.05) is 0 Å². The molecule has 1 aliphatic carbocycles. The van der Waals surface area contributed by atoms with Crippen molar-refractivity contribution in [1.29, 1.82) is 0 Å². The maximum absolute atomic E-state index is 9.18. The van der Waals surface area contributed by atoms with Crippen LogP contribution in [-0.2, 0) is 0 Å². The van der Waals surface area contributed by atoms with E-state index in [1.165, 1.54) is 0 Å². The fraction of sp³-hybridized carbons (Fsp3) is 1.00. The molecule has 1 fully saturated rings. The monoisotopic (exact) mass is 145 g/mol. The molecular formula is C7H15NO2. The summed E-state index contributed by atoms with van der Waals surface area (Å²) >= 11 is 0. The van der Waals surface area contributed by atoms with Crippen molar-refractivity contribution >= 4 is 0 Å². The number of rotatable bonds is 1. The molecule has 0 aliphatic heterocycles. The summed E-state index contributed by atoms with van der Waals surface area (Å²) in [6.45, 7) is 0.209. The van der Waals surface area contributed by atoms with Crippen LogP contribution in [0.1, 0.15) is 19.3 Å². The molecule has 0 aromatic heterocycles. The van der Waals surface area contributed by atoms with E-state index in [9.17, 15) is 5.11 Å². The molecule has 3 nitrogen and oxygen atoms in total. The molecule has 0 saturated heterocycles. The van der Waals surface area contributed by atoms with Crippen LogP contribution in [0.4, 0.5) is 0 Å². The van der Waals surface area contributed by atoms with Crippen molar-refractivity contribution in [3.8, 4) is 0 Å². The summed E-state index contributed by atoms with van der Waals surface area (Å²) in [7, 11) is 0. The number of aliphatic hydroxyl groups is 2. The van der Waals surface area contributed by atoms with Gasteiger partial charge >= 0.3 is 0 Å². The molecule has 60 valence electrons. The van der Waals surface area contributed by atoms with E-state index in [4.69, 9.17) is 10.8 Å². The fourth-order valence-electron chi connectivity index (χ4n) is 1.45. The highest BCUT2D eigenvalue weighted by Crippen LogP contribution is 2.22. The number of hydrogen-bond donors (Lipinski definition) is 3. The molecule has 0 spiro atoms. The van der Waals surface area contributed by atoms with E-state index in [0.717, 1.165) is 19.3 Å². The normalized spacial score (nSPS) is 41.7. The lowest BCUT2D eigenvalue weighted by Gasteiger charge is -2.29. The van der Waals surface area contributed by atoms with Crippen molar-refractivity contribution in [1.82, 2.24) is 0 Å². The molecule has 0 radical (unpaired) electrons. The SMILES string of the molecule is NC1CC(CO)CCC1O. The number of nitrogens with two attached hydrogens (primary N) is 1. The Hall–Kier alpha value is -0.120. The second kappa shape index (κ2) is 3.32. The van der Waals surface area contributed by atoms with Crippen molar-refractivity contribution in [2.24, 2.45) is 11.7 Å². The Labute approximate surface area is 60.9 Å². The molecule has 0 aromatic rings. The molecule has 1 saturated carbocycles. The molecule has 3 unspecified atom stereocenters. The first kappa shape index (κ1) is 7.98. The lowest BCUT2D eigenvalue weighted by atomic mass is 9.85. The third kappa shape index (κ3) is 1.68. The van der Waals surface area contributed by atoms with Crippen LogP contribution in [0.3, 0.4) is 0 Å².